The third kappa shape index (κ3) is 2.27. The van der Waals surface area contributed by atoms with E-state index in [2.05, 4.69) is 12.1 Å². The summed E-state index contributed by atoms with van der Waals surface area (Å²) < 4.78 is -1.09. The highest BCUT2D eigenvalue weighted by molar-refractivity contribution is 6.54. The first-order valence-electron chi connectivity index (χ1n) is 9.22. The Morgan fingerprint density at radius 1 is 0.821 bits per heavy atom. The van der Waals surface area contributed by atoms with Crippen LogP contribution in [0, 0.1) is 0 Å². The second-order valence-electron chi connectivity index (χ2n) is 7.23. The highest BCUT2D eigenvalue weighted by Gasteiger charge is 2.77. The molecular formula is C23H18Cl2N2O. The van der Waals surface area contributed by atoms with E-state index >= 15 is 0 Å². The number of hydrogen-bond donors (Lipinski definition) is 0. The summed E-state index contributed by atoms with van der Waals surface area (Å²) in [5.74, 6) is 0. The SMILES string of the molecule is O=CN1c2ccccc2N2C(Cl)(Cl)C2(c2ccccc2)CC1c1ccccc1. The molecular weight excluding hydrogens is 391 g/mol. The maximum atomic E-state index is 12.2. The number of carbonyl (C=O) groups is 1. The van der Waals surface area contributed by atoms with E-state index in [1.54, 1.807) is 4.90 Å². The Balaban J connectivity index is 1.77. The third-order valence-electron chi connectivity index (χ3n) is 5.88. The Labute approximate surface area is 174 Å². The molecule has 2 aliphatic rings. The molecule has 0 spiro atoms. The molecule has 3 aromatic carbocycles. The highest BCUT2D eigenvalue weighted by atomic mass is 35.5. The Morgan fingerprint density at radius 2 is 1.39 bits per heavy atom. The van der Waals surface area contributed by atoms with Crippen LogP contribution in [0.1, 0.15) is 23.6 Å². The molecule has 2 unspecified atom stereocenters. The van der Waals surface area contributed by atoms with Gasteiger partial charge in [0.1, 0.15) is 5.54 Å². The smallest absolute Gasteiger partial charge is 0.219 e. The lowest BCUT2D eigenvalue weighted by Crippen LogP contribution is -2.31. The molecule has 3 aromatic rings. The largest absolute Gasteiger partial charge is 0.321 e. The second kappa shape index (κ2) is 6.26. The lowest BCUT2D eigenvalue weighted by atomic mass is 9.88. The average Bonchev–Trinajstić information content (AvgIpc) is 3.29. The van der Waals surface area contributed by atoms with E-state index in [9.17, 15) is 4.79 Å². The van der Waals surface area contributed by atoms with Crippen LogP contribution in [0.4, 0.5) is 11.4 Å². The van der Waals surface area contributed by atoms with Gasteiger partial charge >= 0.3 is 0 Å². The van der Waals surface area contributed by atoms with Crippen molar-refractivity contribution in [3.63, 3.8) is 0 Å². The van der Waals surface area contributed by atoms with Crippen molar-refractivity contribution in [2.24, 2.45) is 0 Å². The highest BCUT2D eigenvalue weighted by Crippen LogP contribution is 2.71. The molecule has 2 heterocycles. The molecule has 0 N–H and O–H groups in total. The summed E-state index contributed by atoms with van der Waals surface area (Å²) in [4.78, 5) is 16.1. The van der Waals surface area contributed by atoms with Gasteiger partial charge in [0.25, 0.3) is 0 Å². The summed E-state index contributed by atoms with van der Waals surface area (Å²) in [5, 5.41) is 0. The normalized spacial score (nSPS) is 24.7. The van der Waals surface area contributed by atoms with Crippen molar-refractivity contribution < 1.29 is 4.79 Å². The Bertz CT molecular complexity index is 1030. The van der Waals surface area contributed by atoms with E-state index < -0.39 is 10.00 Å². The lowest BCUT2D eigenvalue weighted by molar-refractivity contribution is -0.108. The van der Waals surface area contributed by atoms with Gasteiger partial charge < -0.3 is 9.80 Å². The van der Waals surface area contributed by atoms with Crippen molar-refractivity contribution >= 4 is 41.0 Å². The van der Waals surface area contributed by atoms with Crippen LogP contribution >= 0.6 is 23.2 Å². The van der Waals surface area contributed by atoms with E-state index in [-0.39, 0.29) is 6.04 Å². The topological polar surface area (TPSA) is 23.3 Å². The summed E-state index contributed by atoms with van der Waals surface area (Å²) >= 11 is 13.9. The standard InChI is InChI=1S/C23H18Cl2N2O/c24-23(25)22(18-11-5-2-6-12-18)15-21(17-9-3-1-4-10-17)26(16-28)19-13-7-8-14-20(19)27(22)23/h1-14,16,21H,15H2. The molecule has 0 radical (unpaired) electrons. The van der Waals surface area contributed by atoms with Crippen LogP contribution in [0.25, 0.3) is 0 Å². The zero-order chi connectivity index (χ0) is 19.4. The Hall–Kier alpha value is -2.49. The first kappa shape index (κ1) is 17.6. The van der Waals surface area contributed by atoms with E-state index in [0.29, 0.717) is 6.42 Å². The number of hydrogen-bond acceptors (Lipinski definition) is 2. The molecule has 0 aromatic heterocycles. The average molecular weight is 409 g/mol. The quantitative estimate of drug-likeness (QED) is 0.242. The van der Waals surface area contributed by atoms with E-state index in [0.717, 1.165) is 28.9 Å². The van der Waals surface area contributed by atoms with Crippen LogP contribution in [-0.2, 0) is 10.3 Å². The van der Waals surface area contributed by atoms with Gasteiger partial charge in [0, 0.05) is 6.42 Å². The zero-order valence-electron chi connectivity index (χ0n) is 15.0. The molecule has 3 nitrogen and oxygen atoms in total. The number of halogens is 2. The van der Waals surface area contributed by atoms with Crippen molar-refractivity contribution in [2.45, 2.75) is 22.5 Å². The number of fused-ring (bicyclic) bond motifs is 3. The first-order valence-corrected chi connectivity index (χ1v) is 9.98. The van der Waals surface area contributed by atoms with Gasteiger partial charge in [-0.15, -0.1) is 0 Å². The van der Waals surface area contributed by atoms with Crippen LogP contribution < -0.4 is 9.80 Å². The van der Waals surface area contributed by atoms with Crippen molar-refractivity contribution in [1.29, 1.82) is 0 Å². The fourth-order valence-corrected chi connectivity index (χ4v) is 5.48. The summed E-state index contributed by atoms with van der Waals surface area (Å²) in [5.41, 5.74) is 3.15. The Kier molecular flexibility index (Phi) is 3.94. The third-order valence-corrected chi connectivity index (χ3v) is 6.85. The monoisotopic (exact) mass is 408 g/mol. The van der Waals surface area contributed by atoms with Crippen LogP contribution in [-0.4, -0.2) is 10.9 Å². The number of para-hydroxylation sites is 2. The molecule has 0 aliphatic carbocycles. The Morgan fingerprint density at radius 3 is 2.04 bits per heavy atom. The zero-order valence-corrected chi connectivity index (χ0v) is 16.5. The molecule has 1 saturated heterocycles. The number of anilines is 2. The van der Waals surface area contributed by atoms with Crippen LogP contribution in [0.15, 0.2) is 84.9 Å². The van der Waals surface area contributed by atoms with Gasteiger partial charge in [0.2, 0.25) is 10.9 Å². The molecule has 2 atom stereocenters. The molecule has 140 valence electrons. The van der Waals surface area contributed by atoms with E-state index in [1.807, 2.05) is 77.7 Å². The summed E-state index contributed by atoms with van der Waals surface area (Å²) in [6.45, 7) is 0. The molecule has 1 fully saturated rings. The molecule has 1 amide bonds. The molecule has 2 aliphatic heterocycles. The minimum Gasteiger partial charge on any atom is -0.321 e. The van der Waals surface area contributed by atoms with Crippen LogP contribution in [0.3, 0.4) is 0 Å². The maximum absolute atomic E-state index is 12.2. The lowest BCUT2D eigenvalue weighted by Gasteiger charge is -2.30. The van der Waals surface area contributed by atoms with Gasteiger partial charge in [0.15, 0.2) is 0 Å². The van der Waals surface area contributed by atoms with Gasteiger partial charge in [-0.1, -0.05) is 96.0 Å². The first-order chi connectivity index (χ1) is 13.6. The fourth-order valence-electron chi connectivity index (χ4n) is 4.55. The van der Waals surface area contributed by atoms with Crippen molar-refractivity contribution in [2.75, 3.05) is 9.80 Å². The predicted octanol–water partition coefficient (Wildman–Crippen LogP) is 5.64. The fraction of sp³-hybridized carbons (Fsp3) is 0.174. The number of carbonyl (C=O) groups excluding carboxylic acids is 1. The van der Waals surface area contributed by atoms with Gasteiger partial charge in [0.05, 0.1) is 17.4 Å². The van der Waals surface area contributed by atoms with Gasteiger partial charge in [-0.05, 0) is 23.3 Å². The van der Waals surface area contributed by atoms with Gasteiger partial charge in [-0.2, -0.15) is 0 Å². The number of rotatable bonds is 3. The molecule has 0 saturated carbocycles. The number of benzene rings is 3. The summed E-state index contributed by atoms with van der Waals surface area (Å²) in [6.07, 6.45) is 1.49. The molecule has 5 heteroatoms. The van der Waals surface area contributed by atoms with Crippen molar-refractivity contribution in [1.82, 2.24) is 0 Å². The van der Waals surface area contributed by atoms with Crippen molar-refractivity contribution in [3.8, 4) is 0 Å². The number of alkyl halides is 2. The minimum atomic E-state index is -1.09. The maximum Gasteiger partial charge on any atom is 0.219 e. The predicted molar refractivity (Wildman–Crippen MR) is 114 cm³/mol. The molecule has 28 heavy (non-hydrogen) atoms. The van der Waals surface area contributed by atoms with Crippen molar-refractivity contribution in [3.05, 3.63) is 96.1 Å². The summed E-state index contributed by atoms with van der Waals surface area (Å²) in [7, 11) is 0. The minimum absolute atomic E-state index is 0.190. The number of amides is 1. The van der Waals surface area contributed by atoms with Crippen LogP contribution in [0.2, 0.25) is 0 Å². The van der Waals surface area contributed by atoms with E-state index in [4.69, 9.17) is 23.2 Å². The number of nitrogens with zero attached hydrogens (tertiary/aromatic N) is 2. The van der Waals surface area contributed by atoms with Gasteiger partial charge in [-0.3, -0.25) is 4.79 Å². The van der Waals surface area contributed by atoms with E-state index in [1.165, 1.54) is 0 Å². The molecule has 0 bridgehead atoms. The second-order valence-corrected chi connectivity index (χ2v) is 8.52. The summed E-state index contributed by atoms with van der Waals surface area (Å²) in [6, 6.07) is 27.7. The molecule has 5 rings (SSSR count). The van der Waals surface area contributed by atoms with Gasteiger partial charge in [-0.25, -0.2) is 0 Å². The van der Waals surface area contributed by atoms with Crippen LogP contribution in [0.5, 0.6) is 0 Å².